The zero-order chi connectivity index (χ0) is 9.84. The molecule has 2 N–H and O–H groups in total. The summed E-state index contributed by atoms with van der Waals surface area (Å²) in [5.74, 6) is 0. The summed E-state index contributed by atoms with van der Waals surface area (Å²) in [6.07, 6.45) is 0. The van der Waals surface area contributed by atoms with Crippen LogP contribution in [-0.2, 0) is 0 Å². The van der Waals surface area contributed by atoms with E-state index < -0.39 is 6.03 Å². The van der Waals surface area contributed by atoms with E-state index in [4.69, 9.17) is 5.73 Å². The highest BCUT2D eigenvalue weighted by molar-refractivity contribution is 7.08. The van der Waals surface area contributed by atoms with E-state index in [1.807, 2.05) is 23.8 Å². The van der Waals surface area contributed by atoms with Gasteiger partial charge >= 0.3 is 6.03 Å². The number of carbonyl (C=O) groups excluding carboxylic acids is 1. The first kappa shape index (κ1) is 9.73. The summed E-state index contributed by atoms with van der Waals surface area (Å²) in [7, 11) is 1.53. The standard InChI is InChI=1S/C8H11N3OS/c1-6(7-3-4-13-5-7)10-11(2)8(9)12/h3-5H,1-2H3,(H2,9,12)/b10-6-. The lowest BCUT2D eigenvalue weighted by atomic mass is 10.2. The van der Waals surface area contributed by atoms with Crippen LogP contribution in [0.1, 0.15) is 12.5 Å². The van der Waals surface area contributed by atoms with Crippen molar-refractivity contribution in [3.05, 3.63) is 22.4 Å². The maximum Gasteiger partial charge on any atom is 0.334 e. The SMILES string of the molecule is C/C(=N/N(C)C(N)=O)c1ccsc1. The number of urea groups is 1. The van der Waals surface area contributed by atoms with E-state index in [0.29, 0.717) is 0 Å². The molecule has 0 aromatic carbocycles. The Labute approximate surface area is 80.7 Å². The molecule has 0 spiro atoms. The van der Waals surface area contributed by atoms with Crippen LogP contribution >= 0.6 is 11.3 Å². The summed E-state index contributed by atoms with van der Waals surface area (Å²) in [5.41, 5.74) is 6.81. The number of rotatable bonds is 2. The second-order valence-corrected chi connectivity index (χ2v) is 3.34. The molecule has 0 fully saturated rings. The van der Waals surface area contributed by atoms with E-state index in [-0.39, 0.29) is 0 Å². The molecule has 1 heterocycles. The van der Waals surface area contributed by atoms with Gasteiger partial charge in [0.15, 0.2) is 0 Å². The molecule has 0 unspecified atom stereocenters. The molecule has 70 valence electrons. The van der Waals surface area contributed by atoms with Crippen LogP contribution in [-0.4, -0.2) is 23.8 Å². The van der Waals surface area contributed by atoms with Crippen LogP contribution in [0.15, 0.2) is 21.9 Å². The maximum absolute atomic E-state index is 10.6. The number of nitrogens with zero attached hydrogens (tertiary/aromatic N) is 2. The smallest absolute Gasteiger partial charge is 0.334 e. The van der Waals surface area contributed by atoms with E-state index >= 15 is 0 Å². The van der Waals surface area contributed by atoms with Crippen molar-refractivity contribution >= 4 is 23.1 Å². The quantitative estimate of drug-likeness (QED) is 0.566. The maximum atomic E-state index is 10.6. The molecule has 1 rings (SSSR count). The van der Waals surface area contributed by atoms with Crippen LogP contribution in [0.2, 0.25) is 0 Å². The number of hydrogen-bond donors (Lipinski definition) is 1. The van der Waals surface area contributed by atoms with Gasteiger partial charge in [0.05, 0.1) is 5.71 Å². The fraction of sp³-hybridized carbons (Fsp3) is 0.250. The molecule has 13 heavy (non-hydrogen) atoms. The Morgan fingerprint density at radius 1 is 1.69 bits per heavy atom. The van der Waals surface area contributed by atoms with Crippen molar-refractivity contribution < 1.29 is 4.79 Å². The Morgan fingerprint density at radius 2 is 2.38 bits per heavy atom. The van der Waals surface area contributed by atoms with Gasteiger partial charge in [-0.1, -0.05) is 0 Å². The third-order valence-corrected chi connectivity index (χ3v) is 2.24. The zero-order valence-electron chi connectivity index (χ0n) is 7.52. The molecule has 1 aromatic rings. The Hall–Kier alpha value is -1.36. The molecular formula is C8H11N3OS. The Balaban J connectivity index is 2.78. The van der Waals surface area contributed by atoms with Crippen LogP contribution in [0.4, 0.5) is 4.79 Å². The minimum Gasteiger partial charge on any atom is -0.350 e. The van der Waals surface area contributed by atoms with Gasteiger partial charge < -0.3 is 5.73 Å². The van der Waals surface area contributed by atoms with Crippen molar-refractivity contribution in [2.24, 2.45) is 10.8 Å². The second kappa shape index (κ2) is 4.04. The number of hydrogen-bond acceptors (Lipinski definition) is 3. The van der Waals surface area contributed by atoms with Crippen molar-refractivity contribution in [2.75, 3.05) is 7.05 Å². The minimum atomic E-state index is -0.561. The minimum absolute atomic E-state index is 0.561. The van der Waals surface area contributed by atoms with Gasteiger partial charge in [-0.05, 0) is 23.8 Å². The number of hydrazone groups is 1. The highest BCUT2D eigenvalue weighted by Gasteiger charge is 2.02. The molecule has 2 amide bonds. The summed E-state index contributed by atoms with van der Waals surface area (Å²) in [5, 5.41) is 9.04. The van der Waals surface area contributed by atoms with Crippen LogP contribution in [0.25, 0.3) is 0 Å². The first-order valence-corrected chi connectivity index (χ1v) is 4.66. The monoisotopic (exact) mass is 197 g/mol. The average molecular weight is 197 g/mol. The van der Waals surface area contributed by atoms with Crippen molar-refractivity contribution in [3.8, 4) is 0 Å². The Morgan fingerprint density at radius 3 is 2.85 bits per heavy atom. The third kappa shape index (κ3) is 2.55. The lowest BCUT2D eigenvalue weighted by Gasteiger charge is -2.07. The van der Waals surface area contributed by atoms with Gasteiger partial charge in [0.1, 0.15) is 0 Å². The van der Waals surface area contributed by atoms with E-state index in [1.165, 1.54) is 7.05 Å². The lowest BCUT2D eigenvalue weighted by molar-refractivity contribution is 0.220. The molecule has 0 bridgehead atoms. The fourth-order valence-electron chi connectivity index (χ4n) is 0.802. The first-order chi connectivity index (χ1) is 6.11. The molecule has 0 aliphatic heterocycles. The predicted octanol–water partition coefficient (Wildman–Crippen LogP) is 1.48. The van der Waals surface area contributed by atoms with Gasteiger partial charge in [0.2, 0.25) is 0 Å². The number of thiophene rings is 1. The molecule has 0 aliphatic rings. The molecule has 0 aliphatic carbocycles. The third-order valence-electron chi connectivity index (χ3n) is 1.56. The Bertz CT molecular complexity index is 318. The lowest BCUT2D eigenvalue weighted by Crippen LogP contribution is -2.28. The van der Waals surface area contributed by atoms with E-state index in [1.54, 1.807) is 11.3 Å². The molecule has 0 radical (unpaired) electrons. The number of carbonyl (C=O) groups is 1. The molecule has 5 heteroatoms. The summed E-state index contributed by atoms with van der Waals surface area (Å²) >= 11 is 1.59. The van der Waals surface area contributed by atoms with Crippen molar-refractivity contribution in [1.29, 1.82) is 0 Å². The molecule has 0 atom stereocenters. The van der Waals surface area contributed by atoms with Crippen LogP contribution in [0.5, 0.6) is 0 Å². The zero-order valence-corrected chi connectivity index (χ0v) is 8.34. The van der Waals surface area contributed by atoms with Gasteiger partial charge in [-0.15, -0.1) is 0 Å². The van der Waals surface area contributed by atoms with Crippen LogP contribution < -0.4 is 5.73 Å². The number of amides is 2. The molecule has 1 aromatic heterocycles. The van der Waals surface area contributed by atoms with E-state index in [2.05, 4.69) is 5.10 Å². The average Bonchev–Trinajstić information content (AvgIpc) is 2.55. The highest BCUT2D eigenvalue weighted by atomic mass is 32.1. The summed E-state index contributed by atoms with van der Waals surface area (Å²) in [6, 6.07) is 1.38. The number of nitrogens with two attached hydrogens (primary N) is 1. The second-order valence-electron chi connectivity index (χ2n) is 2.56. The predicted molar refractivity (Wildman–Crippen MR) is 53.9 cm³/mol. The van der Waals surface area contributed by atoms with Gasteiger partial charge in [-0.2, -0.15) is 16.4 Å². The van der Waals surface area contributed by atoms with Gasteiger partial charge in [-0.25, -0.2) is 9.80 Å². The molecule has 0 saturated carbocycles. The van der Waals surface area contributed by atoms with E-state index in [9.17, 15) is 4.79 Å². The van der Waals surface area contributed by atoms with Gasteiger partial charge in [0, 0.05) is 12.6 Å². The van der Waals surface area contributed by atoms with Crippen LogP contribution in [0, 0.1) is 0 Å². The van der Waals surface area contributed by atoms with Crippen LogP contribution in [0.3, 0.4) is 0 Å². The van der Waals surface area contributed by atoms with E-state index in [0.717, 1.165) is 16.3 Å². The molecular weight excluding hydrogens is 186 g/mol. The van der Waals surface area contributed by atoms with Gasteiger partial charge in [0.25, 0.3) is 0 Å². The Kier molecular flexibility index (Phi) is 3.02. The fourth-order valence-corrected chi connectivity index (χ4v) is 1.50. The van der Waals surface area contributed by atoms with Gasteiger partial charge in [-0.3, -0.25) is 0 Å². The summed E-state index contributed by atoms with van der Waals surface area (Å²) < 4.78 is 0. The van der Waals surface area contributed by atoms with Crippen molar-refractivity contribution in [3.63, 3.8) is 0 Å². The highest BCUT2D eigenvalue weighted by Crippen LogP contribution is 2.07. The van der Waals surface area contributed by atoms with Crippen molar-refractivity contribution in [1.82, 2.24) is 5.01 Å². The first-order valence-electron chi connectivity index (χ1n) is 3.72. The topological polar surface area (TPSA) is 58.7 Å². The molecule has 0 saturated heterocycles. The largest absolute Gasteiger partial charge is 0.350 e. The number of primary amides is 1. The summed E-state index contributed by atoms with van der Waals surface area (Å²) in [4.78, 5) is 10.6. The normalized spacial score (nSPS) is 11.4. The van der Waals surface area contributed by atoms with Crippen molar-refractivity contribution in [2.45, 2.75) is 6.92 Å². The summed E-state index contributed by atoms with van der Waals surface area (Å²) in [6.45, 7) is 1.83. The molecule has 4 nitrogen and oxygen atoms in total.